The standard InChI is InChI=1S/C10H17N3O2S/c1-3-4-12-7-8(11)9(14)13(10(12)15)5-6-16-2/h7H,3-6,11H2,1-2H3. The molecule has 1 heterocycles. The largest absolute Gasteiger partial charge is 0.393 e. The van der Waals surface area contributed by atoms with Gasteiger partial charge in [-0.3, -0.25) is 13.9 Å². The van der Waals surface area contributed by atoms with Crippen molar-refractivity contribution >= 4 is 17.4 Å². The van der Waals surface area contributed by atoms with Crippen molar-refractivity contribution in [2.45, 2.75) is 26.4 Å². The minimum absolute atomic E-state index is 0.133. The van der Waals surface area contributed by atoms with E-state index in [0.29, 0.717) is 13.1 Å². The number of nitrogen functional groups attached to an aromatic ring is 1. The fourth-order valence-electron chi connectivity index (χ4n) is 1.46. The van der Waals surface area contributed by atoms with Gasteiger partial charge in [0.15, 0.2) is 0 Å². The Hall–Kier alpha value is -1.17. The number of nitrogens with zero attached hydrogens (tertiary/aromatic N) is 2. The van der Waals surface area contributed by atoms with Crippen molar-refractivity contribution in [3.8, 4) is 0 Å². The van der Waals surface area contributed by atoms with Crippen LogP contribution in [0.1, 0.15) is 13.3 Å². The van der Waals surface area contributed by atoms with E-state index in [1.54, 1.807) is 11.8 Å². The molecule has 1 aromatic heterocycles. The van der Waals surface area contributed by atoms with Gasteiger partial charge in [0.1, 0.15) is 5.69 Å². The highest BCUT2D eigenvalue weighted by atomic mass is 32.2. The fourth-order valence-corrected chi connectivity index (χ4v) is 1.82. The molecule has 0 aliphatic heterocycles. The van der Waals surface area contributed by atoms with E-state index in [0.717, 1.165) is 12.2 Å². The van der Waals surface area contributed by atoms with Crippen molar-refractivity contribution in [3.63, 3.8) is 0 Å². The molecule has 0 aliphatic carbocycles. The molecule has 0 amide bonds. The lowest BCUT2D eigenvalue weighted by molar-refractivity contribution is 0.567. The first-order valence-corrected chi connectivity index (χ1v) is 6.59. The minimum atomic E-state index is -0.383. The Morgan fingerprint density at radius 2 is 2.06 bits per heavy atom. The Kier molecular flexibility index (Phi) is 4.67. The van der Waals surface area contributed by atoms with Crippen LogP contribution in [0.5, 0.6) is 0 Å². The highest BCUT2D eigenvalue weighted by Crippen LogP contribution is 1.95. The number of hydrogen-bond donors (Lipinski definition) is 1. The minimum Gasteiger partial charge on any atom is -0.393 e. The van der Waals surface area contributed by atoms with Gasteiger partial charge in [-0.15, -0.1) is 0 Å². The van der Waals surface area contributed by atoms with Crippen molar-refractivity contribution in [1.82, 2.24) is 9.13 Å². The van der Waals surface area contributed by atoms with Crippen LogP contribution in [-0.4, -0.2) is 21.1 Å². The van der Waals surface area contributed by atoms with Crippen molar-refractivity contribution in [2.75, 3.05) is 17.7 Å². The Bertz CT molecular complexity index is 464. The maximum Gasteiger partial charge on any atom is 0.331 e. The molecule has 0 radical (unpaired) electrons. The van der Waals surface area contributed by atoms with Crippen molar-refractivity contribution in [1.29, 1.82) is 0 Å². The van der Waals surface area contributed by atoms with Crippen LogP contribution in [0.3, 0.4) is 0 Å². The molecule has 0 bridgehead atoms. The summed E-state index contributed by atoms with van der Waals surface area (Å²) >= 11 is 1.59. The highest BCUT2D eigenvalue weighted by Gasteiger charge is 2.08. The van der Waals surface area contributed by atoms with Crippen LogP contribution < -0.4 is 17.0 Å². The summed E-state index contributed by atoms with van der Waals surface area (Å²) in [6, 6.07) is 0. The summed E-state index contributed by atoms with van der Waals surface area (Å²) in [5.41, 5.74) is 5.07. The molecule has 0 saturated carbocycles. The number of anilines is 1. The average Bonchev–Trinajstić information content (AvgIpc) is 2.26. The molecule has 0 atom stereocenters. The van der Waals surface area contributed by atoms with Gasteiger partial charge in [0.05, 0.1) is 0 Å². The molecule has 16 heavy (non-hydrogen) atoms. The van der Waals surface area contributed by atoms with Gasteiger partial charge in [-0.25, -0.2) is 4.79 Å². The van der Waals surface area contributed by atoms with Crippen LogP contribution in [-0.2, 0) is 13.1 Å². The van der Waals surface area contributed by atoms with Crippen molar-refractivity contribution in [2.24, 2.45) is 0 Å². The molecule has 0 unspecified atom stereocenters. The molecule has 90 valence electrons. The van der Waals surface area contributed by atoms with Crippen LogP contribution in [0.25, 0.3) is 0 Å². The van der Waals surface area contributed by atoms with E-state index in [4.69, 9.17) is 5.73 Å². The second-order valence-corrected chi connectivity index (χ2v) is 4.50. The number of rotatable bonds is 5. The summed E-state index contributed by atoms with van der Waals surface area (Å²) in [5, 5.41) is 0. The maximum atomic E-state index is 11.9. The molecule has 0 spiro atoms. The van der Waals surface area contributed by atoms with Crippen LogP contribution in [0, 0.1) is 0 Å². The van der Waals surface area contributed by atoms with Crippen molar-refractivity contribution < 1.29 is 0 Å². The molecular formula is C10H17N3O2S. The summed E-state index contributed by atoms with van der Waals surface area (Å²) < 4.78 is 2.71. The molecule has 2 N–H and O–H groups in total. The first-order chi connectivity index (χ1) is 7.61. The second kappa shape index (κ2) is 5.79. The normalized spacial score (nSPS) is 10.6. The van der Waals surface area contributed by atoms with Gasteiger partial charge in [0.2, 0.25) is 0 Å². The zero-order chi connectivity index (χ0) is 12.1. The van der Waals surface area contributed by atoms with Crippen LogP contribution in [0.4, 0.5) is 5.69 Å². The van der Waals surface area contributed by atoms with Gasteiger partial charge >= 0.3 is 5.69 Å². The van der Waals surface area contributed by atoms with E-state index >= 15 is 0 Å². The van der Waals surface area contributed by atoms with Crippen LogP contribution in [0.2, 0.25) is 0 Å². The number of aromatic nitrogens is 2. The summed E-state index contributed by atoms with van der Waals surface area (Å²) in [5.74, 6) is 0.727. The lowest BCUT2D eigenvalue weighted by Crippen LogP contribution is -2.41. The van der Waals surface area contributed by atoms with Gasteiger partial charge in [-0.05, 0) is 12.7 Å². The van der Waals surface area contributed by atoms with Gasteiger partial charge in [0.25, 0.3) is 5.56 Å². The van der Waals surface area contributed by atoms with E-state index in [-0.39, 0.29) is 16.9 Å². The summed E-state index contributed by atoms with van der Waals surface area (Å²) in [6.07, 6.45) is 4.20. The van der Waals surface area contributed by atoms with Gasteiger partial charge in [0, 0.05) is 25.0 Å². The van der Waals surface area contributed by atoms with Crippen LogP contribution >= 0.6 is 11.8 Å². The Morgan fingerprint density at radius 3 is 2.62 bits per heavy atom. The average molecular weight is 243 g/mol. The number of hydrogen-bond acceptors (Lipinski definition) is 4. The fraction of sp³-hybridized carbons (Fsp3) is 0.600. The molecular weight excluding hydrogens is 226 g/mol. The maximum absolute atomic E-state index is 11.9. The Labute approximate surface area is 98.3 Å². The monoisotopic (exact) mass is 243 g/mol. The zero-order valence-corrected chi connectivity index (χ0v) is 10.4. The van der Waals surface area contributed by atoms with E-state index in [9.17, 15) is 9.59 Å². The van der Waals surface area contributed by atoms with Gasteiger partial charge < -0.3 is 5.73 Å². The van der Waals surface area contributed by atoms with Crippen LogP contribution in [0.15, 0.2) is 15.8 Å². The van der Waals surface area contributed by atoms with E-state index in [1.165, 1.54) is 15.3 Å². The molecule has 6 heteroatoms. The quantitative estimate of drug-likeness (QED) is 0.811. The molecule has 1 aromatic rings. The van der Waals surface area contributed by atoms with Gasteiger partial charge in [-0.1, -0.05) is 6.92 Å². The lowest BCUT2D eigenvalue weighted by Gasteiger charge is -2.10. The third-order valence-corrected chi connectivity index (χ3v) is 2.84. The Morgan fingerprint density at radius 1 is 1.38 bits per heavy atom. The van der Waals surface area contributed by atoms with Crippen molar-refractivity contribution in [3.05, 3.63) is 27.0 Å². The molecule has 0 aromatic carbocycles. The number of thioether (sulfide) groups is 1. The first kappa shape index (κ1) is 12.9. The predicted octanol–water partition coefficient (Wildman–Crippen LogP) is 0.365. The third kappa shape index (κ3) is 2.69. The summed E-state index contributed by atoms with van der Waals surface area (Å²) in [7, 11) is 0. The predicted molar refractivity (Wildman–Crippen MR) is 68.0 cm³/mol. The zero-order valence-electron chi connectivity index (χ0n) is 9.60. The van der Waals surface area contributed by atoms with E-state index in [2.05, 4.69) is 0 Å². The second-order valence-electron chi connectivity index (χ2n) is 3.51. The smallest absolute Gasteiger partial charge is 0.331 e. The molecule has 1 rings (SSSR count). The molecule has 0 aliphatic rings. The third-order valence-electron chi connectivity index (χ3n) is 2.25. The summed E-state index contributed by atoms with van der Waals surface area (Å²) in [6.45, 7) is 2.97. The first-order valence-electron chi connectivity index (χ1n) is 5.20. The number of nitrogens with two attached hydrogens (primary N) is 1. The van der Waals surface area contributed by atoms with E-state index in [1.807, 2.05) is 13.2 Å². The SMILES string of the molecule is CCCn1cc(N)c(=O)n(CCSC)c1=O. The lowest BCUT2D eigenvalue weighted by atomic mass is 10.4. The number of aryl methyl sites for hydroxylation is 1. The van der Waals surface area contributed by atoms with Gasteiger partial charge in [-0.2, -0.15) is 11.8 Å². The molecule has 0 fully saturated rings. The topological polar surface area (TPSA) is 70.0 Å². The summed E-state index contributed by atoms with van der Waals surface area (Å²) in [4.78, 5) is 23.6. The van der Waals surface area contributed by atoms with E-state index < -0.39 is 0 Å². The Balaban J connectivity index is 3.23. The molecule has 0 saturated heterocycles. The molecule has 5 nitrogen and oxygen atoms in total. The highest BCUT2D eigenvalue weighted by molar-refractivity contribution is 7.98.